The standard InChI is InChI=1S/C42H32N2/c1-3-13-29(14-4-1)31-17-11-19-33(27-31)43-37-23-9-7-21-35(37)41-39(43)25-26-40-42(41)36-22-8-10-24-38(36)44(40)34-20-12-18-32(28-34)30-15-5-2-6-16-30/h1-7,9,11-21,23,25-28H,8,10,22,24H2. The van der Waals surface area contributed by atoms with E-state index >= 15 is 0 Å². The van der Waals surface area contributed by atoms with Crippen LogP contribution < -0.4 is 0 Å². The van der Waals surface area contributed by atoms with Crippen molar-refractivity contribution in [1.29, 1.82) is 0 Å². The van der Waals surface area contributed by atoms with Gasteiger partial charge in [-0.2, -0.15) is 0 Å². The summed E-state index contributed by atoms with van der Waals surface area (Å²) < 4.78 is 5.04. The molecule has 0 radical (unpaired) electrons. The first kappa shape index (κ1) is 25.2. The Morgan fingerprint density at radius 3 is 1.61 bits per heavy atom. The fourth-order valence-electron chi connectivity index (χ4n) is 7.58. The van der Waals surface area contributed by atoms with Crippen LogP contribution in [0.25, 0.3) is 66.3 Å². The molecule has 2 heteroatoms. The first-order chi connectivity index (χ1) is 21.8. The second-order valence-corrected chi connectivity index (χ2v) is 12.0. The van der Waals surface area contributed by atoms with Crippen LogP contribution in [0.5, 0.6) is 0 Å². The van der Waals surface area contributed by atoms with Crippen LogP contribution in [-0.2, 0) is 12.8 Å². The van der Waals surface area contributed by atoms with Crippen LogP contribution in [0, 0.1) is 0 Å². The highest BCUT2D eigenvalue weighted by molar-refractivity contribution is 6.22. The Balaban J connectivity index is 1.33. The zero-order valence-electron chi connectivity index (χ0n) is 24.6. The lowest BCUT2D eigenvalue weighted by Crippen LogP contribution is -2.06. The minimum absolute atomic E-state index is 1.11. The summed E-state index contributed by atoms with van der Waals surface area (Å²) in [7, 11) is 0. The molecular formula is C42H32N2. The minimum Gasteiger partial charge on any atom is -0.313 e. The van der Waals surface area contributed by atoms with E-state index in [-0.39, 0.29) is 0 Å². The van der Waals surface area contributed by atoms with Gasteiger partial charge in [-0.15, -0.1) is 0 Å². The first-order valence-corrected chi connectivity index (χ1v) is 15.8. The Labute approximate surface area is 257 Å². The molecular weight excluding hydrogens is 532 g/mol. The lowest BCUT2D eigenvalue weighted by Gasteiger charge is -2.17. The summed E-state index contributed by atoms with van der Waals surface area (Å²) >= 11 is 0. The summed E-state index contributed by atoms with van der Waals surface area (Å²) in [6.07, 6.45) is 4.71. The van der Waals surface area contributed by atoms with E-state index in [9.17, 15) is 0 Å². The van der Waals surface area contributed by atoms with E-state index in [0.717, 1.165) is 12.8 Å². The SMILES string of the molecule is c1ccc(-c2cccc(-n3c4c(c5c6c7ccccc7n(-c7cccc(-c8ccccc8)c7)c6ccc53)CCCC4)c2)cc1. The molecule has 44 heavy (non-hydrogen) atoms. The summed E-state index contributed by atoms with van der Waals surface area (Å²) in [5.41, 5.74) is 14.3. The van der Waals surface area contributed by atoms with E-state index in [2.05, 4.69) is 155 Å². The van der Waals surface area contributed by atoms with Crippen molar-refractivity contribution >= 4 is 32.7 Å². The molecule has 0 N–H and O–H groups in total. The fourth-order valence-corrected chi connectivity index (χ4v) is 7.58. The third-order valence-corrected chi connectivity index (χ3v) is 9.49. The Morgan fingerprint density at radius 2 is 0.932 bits per heavy atom. The van der Waals surface area contributed by atoms with Gasteiger partial charge in [0.15, 0.2) is 0 Å². The first-order valence-electron chi connectivity index (χ1n) is 15.8. The molecule has 0 unspecified atom stereocenters. The molecule has 0 saturated carbocycles. The predicted molar refractivity (Wildman–Crippen MR) is 185 cm³/mol. The van der Waals surface area contributed by atoms with Crippen LogP contribution in [-0.4, -0.2) is 9.13 Å². The van der Waals surface area contributed by atoms with E-state index in [0.29, 0.717) is 0 Å². The topological polar surface area (TPSA) is 9.86 Å². The number of rotatable bonds is 4. The Kier molecular flexibility index (Phi) is 5.80. The van der Waals surface area contributed by atoms with Crippen LogP contribution in [0.15, 0.2) is 146 Å². The molecule has 0 aliphatic heterocycles. The van der Waals surface area contributed by atoms with Gasteiger partial charge < -0.3 is 9.13 Å². The van der Waals surface area contributed by atoms with E-state index in [1.165, 1.54) is 90.4 Å². The van der Waals surface area contributed by atoms with Crippen LogP contribution in [0.4, 0.5) is 0 Å². The molecule has 2 nitrogen and oxygen atoms in total. The van der Waals surface area contributed by atoms with Crippen molar-refractivity contribution in [3.8, 4) is 33.6 Å². The second kappa shape index (κ2) is 10.1. The molecule has 8 aromatic rings. The maximum Gasteiger partial charge on any atom is 0.0548 e. The van der Waals surface area contributed by atoms with Crippen molar-refractivity contribution in [3.63, 3.8) is 0 Å². The van der Waals surface area contributed by atoms with Gasteiger partial charge >= 0.3 is 0 Å². The van der Waals surface area contributed by atoms with Gasteiger partial charge in [0.2, 0.25) is 0 Å². The van der Waals surface area contributed by atoms with E-state index < -0.39 is 0 Å². The van der Waals surface area contributed by atoms with Crippen LogP contribution >= 0.6 is 0 Å². The number of aromatic nitrogens is 2. The van der Waals surface area contributed by atoms with E-state index in [4.69, 9.17) is 0 Å². The molecule has 2 aromatic heterocycles. The molecule has 0 fully saturated rings. The van der Waals surface area contributed by atoms with Crippen LogP contribution in [0.3, 0.4) is 0 Å². The quantitative estimate of drug-likeness (QED) is 0.201. The average Bonchev–Trinajstić information content (AvgIpc) is 3.62. The summed E-state index contributed by atoms with van der Waals surface area (Å²) in [6, 6.07) is 53.2. The molecule has 6 aromatic carbocycles. The summed E-state index contributed by atoms with van der Waals surface area (Å²) in [4.78, 5) is 0. The maximum atomic E-state index is 2.57. The van der Waals surface area contributed by atoms with Crippen molar-refractivity contribution in [2.75, 3.05) is 0 Å². The molecule has 0 bridgehead atoms. The van der Waals surface area contributed by atoms with Crippen molar-refractivity contribution in [2.24, 2.45) is 0 Å². The summed E-state index contributed by atoms with van der Waals surface area (Å²) in [5, 5.41) is 4.12. The monoisotopic (exact) mass is 564 g/mol. The summed E-state index contributed by atoms with van der Waals surface area (Å²) in [5.74, 6) is 0. The van der Waals surface area contributed by atoms with Gasteiger partial charge in [0.25, 0.3) is 0 Å². The predicted octanol–water partition coefficient (Wildman–Crippen LogP) is 10.9. The van der Waals surface area contributed by atoms with Crippen LogP contribution in [0.1, 0.15) is 24.1 Å². The van der Waals surface area contributed by atoms with Crippen molar-refractivity contribution in [1.82, 2.24) is 9.13 Å². The molecule has 0 atom stereocenters. The molecule has 210 valence electrons. The van der Waals surface area contributed by atoms with Crippen molar-refractivity contribution in [3.05, 3.63) is 157 Å². The number of para-hydroxylation sites is 1. The number of fused-ring (bicyclic) bond motifs is 7. The smallest absolute Gasteiger partial charge is 0.0548 e. The van der Waals surface area contributed by atoms with Gasteiger partial charge in [-0.05, 0) is 96.0 Å². The molecule has 1 aliphatic rings. The number of aryl methyl sites for hydroxylation is 1. The van der Waals surface area contributed by atoms with Gasteiger partial charge in [-0.25, -0.2) is 0 Å². The normalized spacial score (nSPS) is 13.1. The number of benzene rings is 6. The zero-order chi connectivity index (χ0) is 29.0. The Morgan fingerprint density at radius 1 is 0.386 bits per heavy atom. The van der Waals surface area contributed by atoms with E-state index in [1.807, 2.05) is 0 Å². The fraction of sp³-hybridized carbons (Fsp3) is 0.0952. The number of hydrogen-bond donors (Lipinski definition) is 0. The lowest BCUT2D eigenvalue weighted by molar-refractivity contribution is 0.667. The Bertz CT molecular complexity index is 2320. The molecule has 9 rings (SSSR count). The summed E-state index contributed by atoms with van der Waals surface area (Å²) in [6.45, 7) is 0. The third kappa shape index (κ3) is 3.88. The lowest BCUT2D eigenvalue weighted by atomic mass is 9.93. The number of nitrogens with zero attached hydrogens (tertiary/aromatic N) is 2. The highest BCUT2D eigenvalue weighted by Gasteiger charge is 2.25. The highest BCUT2D eigenvalue weighted by Crippen LogP contribution is 2.43. The maximum absolute atomic E-state index is 2.57. The van der Waals surface area contributed by atoms with Crippen molar-refractivity contribution < 1.29 is 0 Å². The average molecular weight is 565 g/mol. The van der Waals surface area contributed by atoms with Gasteiger partial charge in [-0.3, -0.25) is 0 Å². The number of hydrogen-bond acceptors (Lipinski definition) is 0. The van der Waals surface area contributed by atoms with Gasteiger partial charge in [0.1, 0.15) is 0 Å². The second-order valence-electron chi connectivity index (χ2n) is 12.0. The highest BCUT2D eigenvalue weighted by atomic mass is 15.0. The largest absolute Gasteiger partial charge is 0.313 e. The van der Waals surface area contributed by atoms with Gasteiger partial charge in [0, 0.05) is 33.2 Å². The van der Waals surface area contributed by atoms with Gasteiger partial charge in [-0.1, -0.05) is 103 Å². The Hall–Kier alpha value is -5.34. The zero-order valence-corrected chi connectivity index (χ0v) is 24.6. The van der Waals surface area contributed by atoms with E-state index in [1.54, 1.807) is 0 Å². The molecule has 0 saturated heterocycles. The minimum atomic E-state index is 1.11. The van der Waals surface area contributed by atoms with Crippen LogP contribution in [0.2, 0.25) is 0 Å². The molecule has 0 amide bonds. The molecule has 0 spiro atoms. The molecule has 1 aliphatic carbocycles. The third-order valence-electron chi connectivity index (χ3n) is 9.49. The van der Waals surface area contributed by atoms with Gasteiger partial charge in [0.05, 0.1) is 16.6 Å². The van der Waals surface area contributed by atoms with Crippen molar-refractivity contribution in [2.45, 2.75) is 25.7 Å². The molecule has 2 heterocycles.